The summed E-state index contributed by atoms with van der Waals surface area (Å²) in [5.74, 6) is 0.113. The summed E-state index contributed by atoms with van der Waals surface area (Å²) in [7, 11) is 0. The van der Waals surface area contributed by atoms with Crippen LogP contribution in [0.25, 0.3) is 0 Å². The van der Waals surface area contributed by atoms with Crippen molar-refractivity contribution in [2.75, 3.05) is 36.4 Å². The third-order valence-corrected chi connectivity index (χ3v) is 5.16. The summed E-state index contributed by atoms with van der Waals surface area (Å²) in [6.07, 6.45) is 0. The Kier molecular flexibility index (Phi) is 5.57. The Balaban J connectivity index is 1.31. The van der Waals surface area contributed by atoms with Crippen LogP contribution in [0, 0.1) is 0 Å². The molecule has 0 unspecified atom stereocenters. The van der Waals surface area contributed by atoms with Crippen LogP contribution in [0.4, 0.5) is 11.4 Å². The first-order valence-electron chi connectivity index (χ1n) is 9.77. The van der Waals surface area contributed by atoms with Gasteiger partial charge in [-0.1, -0.05) is 48.5 Å². The van der Waals surface area contributed by atoms with Gasteiger partial charge in [0.15, 0.2) is 0 Å². The monoisotopic (exact) mass is 371 g/mol. The number of nitrogens with zero attached hydrogens (tertiary/aromatic N) is 2. The van der Waals surface area contributed by atoms with Crippen molar-refractivity contribution >= 4 is 17.3 Å². The number of nitrogens with one attached hydrogen (secondary N) is 1. The van der Waals surface area contributed by atoms with Crippen LogP contribution in [-0.2, 0) is 6.54 Å². The summed E-state index contributed by atoms with van der Waals surface area (Å²) in [6, 6.07) is 28.5. The van der Waals surface area contributed by atoms with Crippen LogP contribution in [0.5, 0.6) is 0 Å². The average molecular weight is 371 g/mol. The highest BCUT2D eigenvalue weighted by molar-refractivity contribution is 5.94. The highest BCUT2D eigenvalue weighted by atomic mass is 16.2. The molecule has 3 aromatic carbocycles. The first-order valence-corrected chi connectivity index (χ1v) is 9.77. The minimum absolute atomic E-state index is 0.113. The SMILES string of the molecule is O=C(c1ccc(NCc2ccccc2)cc1)N1CCN(c2ccccc2)CC1. The zero-order valence-electron chi connectivity index (χ0n) is 15.9. The predicted molar refractivity (Wildman–Crippen MR) is 115 cm³/mol. The number of carbonyl (C=O) groups is 1. The maximum atomic E-state index is 12.8. The van der Waals surface area contributed by atoms with Gasteiger partial charge in [0.1, 0.15) is 0 Å². The van der Waals surface area contributed by atoms with Crippen LogP contribution in [0.15, 0.2) is 84.9 Å². The highest BCUT2D eigenvalue weighted by Gasteiger charge is 2.22. The number of amides is 1. The quantitative estimate of drug-likeness (QED) is 0.728. The summed E-state index contributed by atoms with van der Waals surface area (Å²) >= 11 is 0. The molecule has 1 N–H and O–H groups in total. The molecule has 0 aromatic heterocycles. The topological polar surface area (TPSA) is 35.6 Å². The Morgan fingerprint density at radius 1 is 0.750 bits per heavy atom. The first-order chi connectivity index (χ1) is 13.8. The van der Waals surface area contributed by atoms with Gasteiger partial charge in [-0.25, -0.2) is 0 Å². The summed E-state index contributed by atoms with van der Waals surface area (Å²) < 4.78 is 0. The second kappa shape index (κ2) is 8.61. The molecule has 142 valence electrons. The third kappa shape index (κ3) is 4.34. The molecule has 4 rings (SSSR count). The zero-order chi connectivity index (χ0) is 19.2. The molecule has 0 atom stereocenters. The molecule has 1 amide bonds. The van der Waals surface area contributed by atoms with Crippen LogP contribution < -0.4 is 10.2 Å². The van der Waals surface area contributed by atoms with Gasteiger partial charge in [0.25, 0.3) is 5.91 Å². The summed E-state index contributed by atoms with van der Waals surface area (Å²) in [4.78, 5) is 17.1. The van der Waals surface area contributed by atoms with E-state index >= 15 is 0 Å². The molecule has 1 aliphatic heterocycles. The van der Waals surface area contributed by atoms with Gasteiger partial charge in [-0.2, -0.15) is 0 Å². The Morgan fingerprint density at radius 2 is 1.36 bits per heavy atom. The second-order valence-electron chi connectivity index (χ2n) is 7.03. The Bertz CT molecular complexity index is 886. The standard InChI is InChI=1S/C24H25N3O/c28-24(27-17-15-26(16-18-27)23-9-5-2-6-10-23)21-11-13-22(14-12-21)25-19-20-7-3-1-4-8-20/h1-14,25H,15-19H2. The zero-order valence-corrected chi connectivity index (χ0v) is 15.9. The maximum absolute atomic E-state index is 12.8. The van der Waals surface area contributed by atoms with E-state index in [2.05, 4.69) is 46.6 Å². The number of rotatable bonds is 5. The minimum Gasteiger partial charge on any atom is -0.381 e. The molecule has 3 aromatic rings. The van der Waals surface area contributed by atoms with E-state index in [0.29, 0.717) is 0 Å². The maximum Gasteiger partial charge on any atom is 0.253 e. The van der Waals surface area contributed by atoms with Crippen molar-refractivity contribution in [1.82, 2.24) is 4.90 Å². The minimum atomic E-state index is 0.113. The molecule has 0 bridgehead atoms. The van der Waals surface area contributed by atoms with Crippen molar-refractivity contribution in [2.45, 2.75) is 6.54 Å². The highest BCUT2D eigenvalue weighted by Crippen LogP contribution is 2.18. The fourth-order valence-corrected chi connectivity index (χ4v) is 3.52. The number of benzene rings is 3. The number of anilines is 2. The van der Waals surface area contributed by atoms with E-state index in [9.17, 15) is 4.79 Å². The van der Waals surface area contributed by atoms with Gasteiger partial charge < -0.3 is 15.1 Å². The van der Waals surface area contributed by atoms with E-state index in [-0.39, 0.29) is 5.91 Å². The van der Waals surface area contributed by atoms with Gasteiger partial charge in [-0.15, -0.1) is 0 Å². The normalized spacial score (nSPS) is 14.0. The van der Waals surface area contributed by atoms with E-state index in [1.807, 2.05) is 53.4 Å². The number of hydrogen-bond donors (Lipinski definition) is 1. The van der Waals surface area contributed by atoms with Crippen LogP contribution in [-0.4, -0.2) is 37.0 Å². The number of carbonyl (C=O) groups excluding carboxylic acids is 1. The Labute approximate surface area is 166 Å². The first kappa shape index (κ1) is 18.1. The average Bonchev–Trinajstić information content (AvgIpc) is 2.79. The molecular formula is C24H25N3O. The van der Waals surface area contributed by atoms with Crippen molar-refractivity contribution in [2.24, 2.45) is 0 Å². The van der Waals surface area contributed by atoms with Crippen molar-refractivity contribution in [3.8, 4) is 0 Å². The molecule has 0 spiro atoms. The van der Waals surface area contributed by atoms with E-state index in [4.69, 9.17) is 0 Å². The van der Waals surface area contributed by atoms with Gasteiger partial charge in [0.05, 0.1) is 0 Å². The summed E-state index contributed by atoms with van der Waals surface area (Å²) in [5, 5.41) is 3.40. The lowest BCUT2D eigenvalue weighted by Gasteiger charge is -2.36. The van der Waals surface area contributed by atoms with Gasteiger partial charge in [0, 0.05) is 49.7 Å². The van der Waals surface area contributed by atoms with Crippen molar-refractivity contribution in [3.05, 3.63) is 96.1 Å². The van der Waals surface area contributed by atoms with Crippen LogP contribution in [0.3, 0.4) is 0 Å². The Hall–Kier alpha value is -3.27. The number of para-hydroxylation sites is 1. The fourth-order valence-electron chi connectivity index (χ4n) is 3.52. The second-order valence-corrected chi connectivity index (χ2v) is 7.03. The smallest absolute Gasteiger partial charge is 0.253 e. The molecule has 0 aliphatic carbocycles. The van der Waals surface area contributed by atoms with Crippen LogP contribution in [0.2, 0.25) is 0 Å². The van der Waals surface area contributed by atoms with E-state index in [1.165, 1.54) is 11.3 Å². The summed E-state index contributed by atoms with van der Waals surface area (Å²) in [6.45, 7) is 4.01. The Morgan fingerprint density at radius 3 is 2.00 bits per heavy atom. The van der Waals surface area contributed by atoms with Gasteiger partial charge in [0.2, 0.25) is 0 Å². The molecule has 1 aliphatic rings. The van der Waals surface area contributed by atoms with Crippen molar-refractivity contribution < 1.29 is 4.79 Å². The molecule has 0 saturated carbocycles. The van der Waals surface area contributed by atoms with Crippen LogP contribution in [0.1, 0.15) is 15.9 Å². The van der Waals surface area contributed by atoms with Crippen molar-refractivity contribution in [1.29, 1.82) is 0 Å². The lowest BCUT2D eigenvalue weighted by Crippen LogP contribution is -2.48. The molecule has 28 heavy (non-hydrogen) atoms. The van der Waals surface area contributed by atoms with Gasteiger partial charge in [-0.05, 0) is 42.0 Å². The summed E-state index contributed by atoms with van der Waals surface area (Å²) in [5.41, 5.74) is 4.23. The predicted octanol–water partition coefficient (Wildman–Crippen LogP) is 4.26. The van der Waals surface area contributed by atoms with Crippen LogP contribution >= 0.6 is 0 Å². The third-order valence-electron chi connectivity index (χ3n) is 5.16. The molecule has 1 saturated heterocycles. The fraction of sp³-hybridized carbons (Fsp3) is 0.208. The lowest BCUT2D eigenvalue weighted by molar-refractivity contribution is 0.0747. The van der Waals surface area contributed by atoms with Gasteiger partial charge >= 0.3 is 0 Å². The molecule has 4 heteroatoms. The lowest BCUT2D eigenvalue weighted by atomic mass is 10.1. The van der Waals surface area contributed by atoms with E-state index < -0.39 is 0 Å². The van der Waals surface area contributed by atoms with E-state index in [0.717, 1.165) is 44.0 Å². The molecular weight excluding hydrogens is 346 g/mol. The largest absolute Gasteiger partial charge is 0.381 e. The number of piperazine rings is 1. The molecule has 1 heterocycles. The molecule has 4 nitrogen and oxygen atoms in total. The van der Waals surface area contributed by atoms with E-state index in [1.54, 1.807) is 0 Å². The molecule has 1 fully saturated rings. The van der Waals surface area contributed by atoms with Crippen molar-refractivity contribution in [3.63, 3.8) is 0 Å². The number of hydrogen-bond acceptors (Lipinski definition) is 3. The molecule has 0 radical (unpaired) electrons. The van der Waals surface area contributed by atoms with Gasteiger partial charge in [-0.3, -0.25) is 4.79 Å².